The number of rotatable bonds is 4. The highest BCUT2D eigenvalue weighted by Crippen LogP contribution is 2.52. The molecule has 152 valence electrons. The highest BCUT2D eigenvalue weighted by atomic mass is 32.1. The van der Waals surface area contributed by atoms with Crippen molar-refractivity contribution in [1.82, 2.24) is 9.47 Å². The topological polar surface area (TPSA) is 8.17 Å². The molecule has 7 rings (SSSR count). The molecule has 2 bridgehead atoms. The maximum absolute atomic E-state index is 13.8. The predicted octanol–water partition coefficient (Wildman–Crippen LogP) is 6.63. The van der Waals surface area contributed by atoms with Crippen LogP contribution in [0.5, 0.6) is 0 Å². The van der Waals surface area contributed by atoms with Gasteiger partial charge in [-0.3, -0.25) is 4.90 Å². The number of aromatic nitrogens is 1. The fraction of sp³-hybridized carbons (Fsp3) is 0.308. The van der Waals surface area contributed by atoms with E-state index in [1.165, 1.54) is 45.3 Å². The molecular formula is C26H25FN2S. The number of nitrogens with zero attached hydrogens (tertiary/aromatic N) is 2. The van der Waals surface area contributed by atoms with Gasteiger partial charge < -0.3 is 4.57 Å². The number of fused-ring (bicyclic) bond motifs is 3. The van der Waals surface area contributed by atoms with Crippen molar-refractivity contribution in [2.45, 2.75) is 44.8 Å². The first-order chi connectivity index (χ1) is 14.7. The Kier molecular flexibility index (Phi) is 4.32. The molecule has 2 nitrogen and oxygen atoms in total. The van der Waals surface area contributed by atoms with Crippen LogP contribution >= 0.6 is 11.3 Å². The number of thiophene rings is 1. The van der Waals surface area contributed by atoms with Crippen molar-refractivity contribution in [2.24, 2.45) is 0 Å². The van der Waals surface area contributed by atoms with Crippen LogP contribution in [0.2, 0.25) is 0 Å². The van der Waals surface area contributed by atoms with Gasteiger partial charge in [-0.2, -0.15) is 0 Å². The van der Waals surface area contributed by atoms with Crippen molar-refractivity contribution in [3.05, 3.63) is 93.7 Å². The lowest BCUT2D eigenvalue weighted by atomic mass is 9.77. The Bertz CT molecular complexity index is 1220. The van der Waals surface area contributed by atoms with Crippen LogP contribution in [-0.2, 0) is 13.1 Å². The molecule has 2 atom stereocenters. The molecule has 0 N–H and O–H groups in total. The van der Waals surface area contributed by atoms with Gasteiger partial charge in [-0.1, -0.05) is 42.5 Å². The van der Waals surface area contributed by atoms with Crippen molar-refractivity contribution in [3.8, 4) is 0 Å². The molecule has 2 aliphatic heterocycles. The van der Waals surface area contributed by atoms with Gasteiger partial charge in [0.25, 0.3) is 0 Å². The van der Waals surface area contributed by atoms with E-state index in [4.69, 9.17) is 0 Å². The lowest BCUT2D eigenvalue weighted by Crippen LogP contribution is -2.42. The molecule has 1 aliphatic carbocycles. The monoisotopic (exact) mass is 416 g/mol. The normalized spacial score (nSPS) is 20.7. The molecule has 4 aromatic rings. The van der Waals surface area contributed by atoms with E-state index in [0.717, 1.165) is 25.2 Å². The number of hydrogen-bond acceptors (Lipinski definition) is 2. The molecule has 1 saturated heterocycles. The summed E-state index contributed by atoms with van der Waals surface area (Å²) in [5, 5.41) is 1.43. The maximum atomic E-state index is 13.8. The molecule has 0 radical (unpaired) electrons. The van der Waals surface area contributed by atoms with E-state index in [-0.39, 0.29) is 5.82 Å². The molecular weight excluding hydrogens is 391 g/mol. The Labute approximate surface area is 180 Å². The summed E-state index contributed by atoms with van der Waals surface area (Å²) in [5.41, 5.74) is 5.50. The Morgan fingerprint density at radius 1 is 0.967 bits per heavy atom. The van der Waals surface area contributed by atoms with E-state index in [2.05, 4.69) is 52.8 Å². The molecule has 1 fully saturated rings. The fourth-order valence-electron chi connectivity index (χ4n) is 5.64. The van der Waals surface area contributed by atoms with Gasteiger partial charge in [-0.05, 0) is 54.7 Å². The van der Waals surface area contributed by atoms with Crippen molar-refractivity contribution < 1.29 is 4.39 Å². The second-order valence-electron chi connectivity index (χ2n) is 8.80. The van der Waals surface area contributed by atoms with Crippen molar-refractivity contribution >= 4 is 21.6 Å². The van der Waals surface area contributed by atoms with Gasteiger partial charge in [0.05, 0.1) is 0 Å². The van der Waals surface area contributed by atoms with Crippen LogP contribution in [-0.4, -0.2) is 16.0 Å². The van der Waals surface area contributed by atoms with Gasteiger partial charge in [0.1, 0.15) is 10.6 Å². The molecule has 2 aromatic heterocycles. The van der Waals surface area contributed by atoms with Crippen molar-refractivity contribution in [1.29, 1.82) is 0 Å². The minimum absolute atomic E-state index is 0.150. The van der Waals surface area contributed by atoms with Crippen LogP contribution in [0.15, 0.2) is 60.7 Å². The molecule has 4 heteroatoms. The van der Waals surface area contributed by atoms with Gasteiger partial charge in [-0.15, -0.1) is 11.3 Å². The zero-order valence-electron chi connectivity index (χ0n) is 17.1. The molecule has 2 aromatic carbocycles. The molecule has 3 aliphatic rings. The smallest absolute Gasteiger partial charge is 0.123 e. The summed E-state index contributed by atoms with van der Waals surface area (Å²) in [6, 6.07) is 20.8. The van der Waals surface area contributed by atoms with Gasteiger partial charge in [0.2, 0.25) is 0 Å². The Morgan fingerprint density at radius 3 is 2.63 bits per heavy atom. The third kappa shape index (κ3) is 2.93. The van der Waals surface area contributed by atoms with Gasteiger partial charge >= 0.3 is 0 Å². The summed E-state index contributed by atoms with van der Waals surface area (Å²) < 4.78 is 16.4. The van der Waals surface area contributed by atoms with Crippen LogP contribution in [0.4, 0.5) is 4.39 Å². The number of hydrogen-bond donors (Lipinski definition) is 0. The molecule has 0 saturated carbocycles. The van der Waals surface area contributed by atoms with E-state index >= 15 is 0 Å². The number of piperidine rings is 1. The summed E-state index contributed by atoms with van der Waals surface area (Å²) in [6.07, 6.45) is 2.49. The number of halogens is 1. The van der Waals surface area contributed by atoms with E-state index < -0.39 is 0 Å². The summed E-state index contributed by atoms with van der Waals surface area (Å²) in [4.78, 5) is 5.40. The summed E-state index contributed by atoms with van der Waals surface area (Å²) in [7, 11) is 0. The Balaban J connectivity index is 1.45. The summed E-state index contributed by atoms with van der Waals surface area (Å²) in [5.74, 6) is 0.407. The SMILES string of the molecule is Cc1cc2c3c(n(Cc4cccc(F)c4)c2s1)C1CCC3N(Cc2ccccc2)C1. The standard InChI is InChI=1S/C26H25FN2S/c1-17-12-22-24-23-11-10-20(16-28(23)14-18-6-3-2-4-7-18)25(24)29(26(22)30-17)15-19-8-5-9-21(27)13-19/h2-9,12-13,20,23H,10-11,14-16H2,1H3. The lowest BCUT2D eigenvalue weighted by molar-refractivity contribution is 0.103. The first kappa shape index (κ1) is 18.3. The third-order valence-corrected chi connectivity index (χ3v) is 7.87. The summed E-state index contributed by atoms with van der Waals surface area (Å²) >= 11 is 1.88. The molecule has 2 unspecified atom stereocenters. The van der Waals surface area contributed by atoms with E-state index in [1.807, 2.05) is 23.5 Å². The van der Waals surface area contributed by atoms with Crippen LogP contribution in [0.1, 0.15) is 52.1 Å². The van der Waals surface area contributed by atoms with E-state index in [0.29, 0.717) is 12.0 Å². The van der Waals surface area contributed by atoms with Crippen LogP contribution < -0.4 is 0 Å². The molecule has 0 spiro atoms. The molecule has 30 heavy (non-hydrogen) atoms. The van der Waals surface area contributed by atoms with Gasteiger partial charge in [0, 0.05) is 47.6 Å². The summed E-state index contributed by atoms with van der Waals surface area (Å²) in [6.45, 7) is 5.09. The Morgan fingerprint density at radius 2 is 1.80 bits per heavy atom. The minimum atomic E-state index is -0.150. The van der Waals surface area contributed by atoms with Crippen LogP contribution in [0, 0.1) is 12.7 Å². The second kappa shape index (κ2) is 7.07. The van der Waals surface area contributed by atoms with Gasteiger partial charge in [0.15, 0.2) is 0 Å². The quantitative estimate of drug-likeness (QED) is 0.362. The lowest BCUT2D eigenvalue weighted by Gasteiger charge is -2.46. The first-order valence-corrected chi connectivity index (χ1v) is 11.6. The van der Waals surface area contributed by atoms with Gasteiger partial charge in [-0.25, -0.2) is 4.39 Å². The average molecular weight is 417 g/mol. The zero-order valence-corrected chi connectivity index (χ0v) is 18.0. The average Bonchev–Trinajstić information content (AvgIpc) is 3.27. The maximum Gasteiger partial charge on any atom is 0.123 e. The second-order valence-corrected chi connectivity index (χ2v) is 10.0. The van der Waals surface area contributed by atoms with Crippen molar-refractivity contribution in [2.75, 3.05) is 6.54 Å². The highest BCUT2D eigenvalue weighted by Gasteiger charge is 2.42. The Hall–Kier alpha value is -2.43. The highest BCUT2D eigenvalue weighted by molar-refractivity contribution is 7.18. The van der Waals surface area contributed by atoms with Crippen molar-refractivity contribution in [3.63, 3.8) is 0 Å². The zero-order chi connectivity index (χ0) is 20.2. The molecule has 4 heterocycles. The molecule has 0 amide bonds. The number of benzene rings is 2. The van der Waals surface area contributed by atoms with Crippen LogP contribution in [0.25, 0.3) is 10.2 Å². The number of aryl methyl sites for hydroxylation is 1. The van der Waals surface area contributed by atoms with Crippen LogP contribution in [0.3, 0.4) is 0 Å². The fourth-order valence-corrected chi connectivity index (χ4v) is 6.67. The third-order valence-electron chi connectivity index (χ3n) is 6.80. The largest absolute Gasteiger partial charge is 0.331 e. The van der Waals surface area contributed by atoms with E-state index in [1.54, 1.807) is 11.6 Å². The van der Waals surface area contributed by atoms with E-state index in [9.17, 15) is 4.39 Å². The minimum Gasteiger partial charge on any atom is -0.331 e. The predicted molar refractivity (Wildman–Crippen MR) is 122 cm³/mol. The first-order valence-electron chi connectivity index (χ1n) is 10.8.